The Morgan fingerprint density at radius 1 is 1.26 bits per heavy atom. The predicted molar refractivity (Wildman–Crippen MR) is 74.0 cm³/mol. The van der Waals surface area contributed by atoms with Gasteiger partial charge in [0.15, 0.2) is 0 Å². The lowest BCUT2D eigenvalue weighted by Crippen LogP contribution is -2.47. The molecule has 110 valence electrons. The summed E-state index contributed by atoms with van der Waals surface area (Å²) in [6, 6.07) is -1.10. The van der Waals surface area contributed by atoms with Crippen LogP contribution in [0.15, 0.2) is 0 Å². The molecule has 0 bridgehead atoms. The van der Waals surface area contributed by atoms with Crippen molar-refractivity contribution in [2.75, 3.05) is 13.1 Å². The second-order valence-electron chi connectivity index (χ2n) is 6.49. The van der Waals surface area contributed by atoms with Crippen LogP contribution in [-0.2, 0) is 4.79 Å². The molecule has 19 heavy (non-hydrogen) atoms. The van der Waals surface area contributed by atoms with Gasteiger partial charge in [0.05, 0.1) is 0 Å². The Balaban J connectivity index is 2.53. The van der Waals surface area contributed by atoms with Gasteiger partial charge in [-0.1, -0.05) is 20.8 Å². The molecule has 0 radical (unpaired) electrons. The summed E-state index contributed by atoms with van der Waals surface area (Å²) in [6.07, 6.45) is 3.09. The fraction of sp³-hybridized carbons (Fsp3) is 0.857. The van der Waals surface area contributed by atoms with Gasteiger partial charge < -0.3 is 15.3 Å². The highest BCUT2D eigenvalue weighted by molar-refractivity contribution is 5.82. The van der Waals surface area contributed by atoms with E-state index in [1.54, 1.807) is 4.90 Å². The van der Waals surface area contributed by atoms with Crippen LogP contribution in [0.25, 0.3) is 0 Å². The van der Waals surface area contributed by atoms with Crippen molar-refractivity contribution in [3.8, 4) is 0 Å². The number of hydrogen-bond acceptors (Lipinski definition) is 2. The molecular weight excluding hydrogens is 244 g/mol. The van der Waals surface area contributed by atoms with Crippen LogP contribution in [0.4, 0.5) is 4.79 Å². The van der Waals surface area contributed by atoms with Crippen LogP contribution in [0.2, 0.25) is 0 Å². The zero-order valence-electron chi connectivity index (χ0n) is 12.4. The maximum atomic E-state index is 12.0. The molecule has 2 N–H and O–H groups in total. The minimum absolute atomic E-state index is 0.260. The average molecular weight is 270 g/mol. The Morgan fingerprint density at radius 3 is 2.42 bits per heavy atom. The first-order valence-corrected chi connectivity index (χ1v) is 7.00. The normalized spacial score (nSPS) is 22.5. The first kappa shape index (κ1) is 15.8. The highest BCUT2D eigenvalue weighted by atomic mass is 16.4. The molecule has 0 aliphatic carbocycles. The molecule has 0 saturated carbocycles. The molecule has 1 saturated heterocycles. The summed E-state index contributed by atoms with van der Waals surface area (Å²) >= 11 is 0. The van der Waals surface area contributed by atoms with Crippen molar-refractivity contribution < 1.29 is 14.7 Å². The van der Waals surface area contributed by atoms with Crippen LogP contribution in [0, 0.1) is 11.3 Å². The number of carboxylic acid groups (broad SMARTS) is 1. The molecule has 1 aliphatic rings. The van der Waals surface area contributed by atoms with E-state index in [1.165, 1.54) is 6.92 Å². The molecule has 5 nitrogen and oxygen atoms in total. The largest absolute Gasteiger partial charge is 0.480 e. The SMILES string of the molecule is C[C@@H](NC(=O)N1CCCC(C(C)(C)C)CC1)C(=O)O. The number of carbonyl (C=O) groups excluding carboxylic acids is 1. The van der Waals surface area contributed by atoms with Crippen molar-refractivity contribution in [2.24, 2.45) is 11.3 Å². The van der Waals surface area contributed by atoms with E-state index in [4.69, 9.17) is 5.11 Å². The number of nitrogens with one attached hydrogen (secondary N) is 1. The van der Waals surface area contributed by atoms with Gasteiger partial charge in [-0.3, -0.25) is 4.79 Å². The highest BCUT2D eigenvalue weighted by Crippen LogP contribution is 2.34. The van der Waals surface area contributed by atoms with Crippen molar-refractivity contribution in [1.29, 1.82) is 0 Å². The lowest BCUT2D eigenvalue weighted by atomic mass is 9.77. The van der Waals surface area contributed by atoms with Crippen molar-refractivity contribution in [3.63, 3.8) is 0 Å². The lowest BCUT2D eigenvalue weighted by Gasteiger charge is -2.29. The average Bonchev–Trinajstić information content (AvgIpc) is 2.53. The van der Waals surface area contributed by atoms with Gasteiger partial charge in [-0.2, -0.15) is 0 Å². The summed E-state index contributed by atoms with van der Waals surface area (Å²) in [6.45, 7) is 9.61. The third-order valence-electron chi connectivity index (χ3n) is 3.95. The maximum absolute atomic E-state index is 12.0. The summed E-state index contributed by atoms with van der Waals surface area (Å²) in [5, 5.41) is 11.3. The molecule has 1 aliphatic heterocycles. The van der Waals surface area contributed by atoms with Crippen LogP contribution >= 0.6 is 0 Å². The predicted octanol–water partition coefficient (Wildman–Crippen LogP) is 2.32. The van der Waals surface area contributed by atoms with Gasteiger partial charge in [0.1, 0.15) is 6.04 Å². The molecule has 1 unspecified atom stereocenters. The van der Waals surface area contributed by atoms with Gasteiger partial charge in [0, 0.05) is 13.1 Å². The van der Waals surface area contributed by atoms with Crippen LogP contribution in [0.1, 0.15) is 47.0 Å². The Bertz CT molecular complexity index is 336. The van der Waals surface area contributed by atoms with Crippen LogP contribution in [0.3, 0.4) is 0 Å². The zero-order valence-corrected chi connectivity index (χ0v) is 12.4. The van der Waals surface area contributed by atoms with E-state index in [1.807, 2.05) is 0 Å². The van der Waals surface area contributed by atoms with Gasteiger partial charge in [0.2, 0.25) is 0 Å². The minimum Gasteiger partial charge on any atom is -0.480 e. The standard InChI is InChI=1S/C14H26N2O3/c1-10(12(17)18)15-13(19)16-8-5-6-11(7-9-16)14(2,3)4/h10-11H,5-9H2,1-4H3,(H,15,19)(H,17,18)/t10-,11?/m1/s1. The monoisotopic (exact) mass is 270 g/mol. The van der Waals surface area contributed by atoms with Crippen molar-refractivity contribution in [1.82, 2.24) is 10.2 Å². The second-order valence-corrected chi connectivity index (χ2v) is 6.49. The minimum atomic E-state index is -1.00. The number of amides is 2. The zero-order chi connectivity index (χ0) is 14.6. The van der Waals surface area contributed by atoms with Gasteiger partial charge in [0.25, 0.3) is 0 Å². The van der Waals surface area contributed by atoms with E-state index in [0.717, 1.165) is 19.3 Å². The highest BCUT2D eigenvalue weighted by Gasteiger charge is 2.29. The summed E-state index contributed by atoms with van der Waals surface area (Å²) in [5.41, 5.74) is 0.265. The topological polar surface area (TPSA) is 69.6 Å². The fourth-order valence-electron chi connectivity index (χ4n) is 2.50. The molecule has 2 atom stereocenters. The van der Waals surface area contributed by atoms with E-state index in [9.17, 15) is 9.59 Å². The van der Waals surface area contributed by atoms with Crippen LogP contribution < -0.4 is 5.32 Å². The molecule has 1 heterocycles. The summed E-state index contributed by atoms with van der Waals surface area (Å²) < 4.78 is 0. The number of carboxylic acids is 1. The smallest absolute Gasteiger partial charge is 0.325 e. The molecular formula is C14H26N2O3. The number of hydrogen-bond donors (Lipinski definition) is 2. The number of rotatable bonds is 2. The van der Waals surface area contributed by atoms with Crippen LogP contribution in [-0.4, -0.2) is 41.1 Å². The Kier molecular flexibility index (Phi) is 5.20. The first-order valence-electron chi connectivity index (χ1n) is 7.00. The van der Waals surface area contributed by atoms with Gasteiger partial charge >= 0.3 is 12.0 Å². The molecule has 0 spiro atoms. The maximum Gasteiger partial charge on any atom is 0.325 e. The third-order valence-corrected chi connectivity index (χ3v) is 3.95. The molecule has 1 rings (SSSR count). The number of likely N-dealkylation sites (tertiary alicyclic amines) is 1. The fourth-order valence-corrected chi connectivity index (χ4v) is 2.50. The quantitative estimate of drug-likeness (QED) is 0.809. The summed E-state index contributed by atoms with van der Waals surface area (Å²) in [7, 11) is 0. The van der Waals surface area contributed by atoms with Crippen LogP contribution in [0.5, 0.6) is 0 Å². The van der Waals surface area contributed by atoms with Crippen molar-refractivity contribution in [3.05, 3.63) is 0 Å². The van der Waals surface area contributed by atoms with E-state index in [0.29, 0.717) is 19.0 Å². The summed E-state index contributed by atoms with van der Waals surface area (Å²) in [4.78, 5) is 24.5. The Labute approximate surface area is 115 Å². The van der Waals surface area contributed by atoms with Crippen molar-refractivity contribution in [2.45, 2.75) is 53.0 Å². The number of aliphatic carboxylic acids is 1. The molecule has 0 aromatic carbocycles. The molecule has 5 heteroatoms. The van der Waals surface area contributed by atoms with E-state index in [-0.39, 0.29) is 11.4 Å². The second kappa shape index (κ2) is 6.26. The first-order chi connectivity index (χ1) is 8.71. The van der Waals surface area contributed by atoms with E-state index in [2.05, 4.69) is 26.1 Å². The van der Waals surface area contributed by atoms with Gasteiger partial charge in [-0.15, -0.1) is 0 Å². The van der Waals surface area contributed by atoms with E-state index < -0.39 is 12.0 Å². The molecule has 2 amide bonds. The van der Waals surface area contributed by atoms with Gasteiger partial charge in [-0.25, -0.2) is 4.79 Å². The van der Waals surface area contributed by atoms with Gasteiger partial charge in [-0.05, 0) is 37.5 Å². The number of nitrogens with zero attached hydrogens (tertiary/aromatic N) is 1. The van der Waals surface area contributed by atoms with E-state index >= 15 is 0 Å². The molecule has 0 aromatic heterocycles. The Hall–Kier alpha value is -1.26. The third kappa shape index (κ3) is 4.73. The number of urea groups is 1. The summed E-state index contributed by atoms with van der Waals surface area (Å²) in [5.74, 6) is -0.391. The lowest BCUT2D eigenvalue weighted by molar-refractivity contribution is -0.138. The number of carbonyl (C=O) groups is 2. The molecule has 0 aromatic rings. The van der Waals surface area contributed by atoms with Crippen molar-refractivity contribution >= 4 is 12.0 Å². The molecule has 1 fully saturated rings. The Morgan fingerprint density at radius 2 is 1.89 bits per heavy atom.